The third kappa shape index (κ3) is 3.16. The Morgan fingerprint density at radius 2 is 1.72 bits per heavy atom. The molecular formula is C12H8Cl2O3S. The molecule has 0 unspecified atom stereocenters. The maximum Gasteiger partial charge on any atom is 0.261 e. The molecule has 0 bridgehead atoms. The molecule has 0 saturated carbocycles. The summed E-state index contributed by atoms with van der Waals surface area (Å²) in [5.74, 6) is 0.799. The second-order valence-corrected chi connectivity index (χ2v) is 6.42. The zero-order valence-electron chi connectivity index (χ0n) is 9.01. The van der Waals surface area contributed by atoms with Gasteiger partial charge < -0.3 is 4.74 Å². The Bertz CT molecular complexity index is 669. The SMILES string of the molecule is O=S(=O)(Cl)c1cccc(Oc2ccccc2Cl)c1. The zero-order valence-corrected chi connectivity index (χ0v) is 11.3. The van der Waals surface area contributed by atoms with Gasteiger partial charge in [-0.05, 0) is 24.3 Å². The van der Waals surface area contributed by atoms with Gasteiger partial charge in [0.2, 0.25) is 0 Å². The predicted octanol–water partition coefficient (Wildman–Crippen LogP) is 4.06. The first-order chi connectivity index (χ1) is 8.47. The third-order valence-corrected chi connectivity index (χ3v) is 3.82. The summed E-state index contributed by atoms with van der Waals surface area (Å²) in [6.07, 6.45) is 0. The van der Waals surface area contributed by atoms with Crippen LogP contribution >= 0.6 is 22.3 Å². The standard InChI is InChI=1S/C12H8Cl2O3S/c13-11-6-1-2-7-12(11)17-9-4-3-5-10(8-9)18(14,15)16/h1-8H. The lowest BCUT2D eigenvalue weighted by Gasteiger charge is -2.07. The van der Waals surface area contributed by atoms with Crippen LogP contribution in [0.15, 0.2) is 53.4 Å². The van der Waals surface area contributed by atoms with Gasteiger partial charge in [-0.2, -0.15) is 0 Å². The van der Waals surface area contributed by atoms with E-state index in [1.165, 1.54) is 12.1 Å². The quantitative estimate of drug-likeness (QED) is 0.803. The Morgan fingerprint density at radius 3 is 2.39 bits per heavy atom. The lowest BCUT2D eigenvalue weighted by Crippen LogP contribution is -1.91. The van der Waals surface area contributed by atoms with E-state index in [9.17, 15) is 8.42 Å². The van der Waals surface area contributed by atoms with Crippen LogP contribution in [0.4, 0.5) is 0 Å². The van der Waals surface area contributed by atoms with Gasteiger partial charge in [-0.25, -0.2) is 8.42 Å². The maximum absolute atomic E-state index is 11.2. The zero-order chi connectivity index (χ0) is 13.2. The summed E-state index contributed by atoms with van der Waals surface area (Å²) in [6, 6.07) is 12.8. The minimum absolute atomic E-state index is 0.0197. The fraction of sp³-hybridized carbons (Fsp3) is 0. The first kappa shape index (κ1) is 13.2. The first-order valence-corrected chi connectivity index (χ1v) is 7.63. The molecule has 2 aromatic carbocycles. The summed E-state index contributed by atoms with van der Waals surface area (Å²) < 4.78 is 27.9. The molecule has 0 aliphatic carbocycles. The molecule has 18 heavy (non-hydrogen) atoms. The molecule has 0 aliphatic heterocycles. The average molecular weight is 303 g/mol. The van der Waals surface area contributed by atoms with Crippen LogP contribution in [0.1, 0.15) is 0 Å². The third-order valence-electron chi connectivity index (χ3n) is 2.15. The van der Waals surface area contributed by atoms with Crippen molar-refractivity contribution in [1.82, 2.24) is 0 Å². The van der Waals surface area contributed by atoms with Crippen molar-refractivity contribution in [2.75, 3.05) is 0 Å². The maximum atomic E-state index is 11.2. The van der Waals surface area contributed by atoms with E-state index in [-0.39, 0.29) is 4.90 Å². The van der Waals surface area contributed by atoms with Gasteiger partial charge in [0.05, 0.1) is 9.92 Å². The monoisotopic (exact) mass is 302 g/mol. The molecule has 0 saturated heterocycles. The number of para-hydroxylation sites is 1. The van der Waals surface area contributed by atoms with Crippen molar-refractivity contribution in [2.45, 2.75) is 4.90 Å². The van der Waals surface area contributed by atoms with E-state index in [1.54, 1.807) is 36.4 Å². The summed E-state index contributed by atoms with van der Waals surface area (Å²) in [5.41, 5.74) is 0. The minimum Gasteiger partial charge on any atom is -0.456 e. The Kier molecular flexibility index (Phi) is 3.80. The molecule has 0 atom stereocenters. The van der Waals surface area contributed by atoms with E-state index in [2.05, 4.69) is 0 Å². The average Bonchev–Trinajstić information content (AvgIpc) is 2.31. The van der Waals surface area contributed by atoms with Crippen LogP contribution < -0.4 is 4.74 Å². The van der Waals surface area contributed by atoms with E-state index in [0.29, 0.717) is 16.5 Å². The topological polar surface area (TPSA) is 43.4 Å². The lowest BCUT2D eigenvalue weighted by molar-refractivity contribution is 0.481. The van der Waals surface area contributed by atoms with Crippen molar-refractivity contribution in [1.29, 1.82) is 0 Å². The normalized spacial score (nSPS) is 11.2. The van der Waals surface area contributed by atoms with E-state index in [1.807, 2.05) is 0 Å². The fourth-order valence-electron chi connectivity index (χ4n) is 1.34. The van der Waals surface area contributed by atoms with Crippen LogP contribution in [0.5, 0.6) is 11.5 Å². The summed E-state index contributed by atoms with van der Waals surface area (Å²) in [4.78, 5) is -0.0197. The van der Waals surface area contributed by atoms with Crippen molar-refractivity contribution in [3.05, 3.63) is 53.6 Å². The molecule has 2 aromatic rings. The molecule has 0 aliphatic rings. The molecule has 0 heterocycles. The molecule has 0 fully saturated rings. The molecule has 0 amide bonds. The van der Waals surface area contributed by atoms with Gasteiger partial charge in [-0.1, -0.05) is 29.8 Å². The van der Waals surface area contributed by atoms with Gasteiger partial charge in [0.1, 0.15) is 11.5 Å². The second-order valence-electron chi connectivity index (χ2n) is 3.45. The summed E-state index contributed by atoms with van der Waals surface area (Å²) in [7, 11) is 1.49. The number of hydrogen-bond donors (Lipinski definition) is 0. The van der Waals surface area contributed by atoms with E-state index in [4.69, 9.17) is 27.0 Å². The van der Waals surface area contributed by atoms with Gasteiger partial charge in [0.15, 0.2) is 0 Å². The van der Waals surface area contributed by atoms with Crippen molar-refractivity contribution in [2.24, 2.45) is 0 Å². The Hall–Kier alpha value is -1.23. The smallest absolute Gasteiger partial charge is 0.261 e. The summed E-state index contributed by atoms with van der Waals surface area (Å²) in [6.45, 7) is 0. The molecule has 0 aromatic heterocycles. The number of halogens is 2. The predicted molar refractivity (Wildman–Crippen MR) is 71.0 cm³/mol. The van der Waals surface area contributed by atoms with Gasteiger partial charge >= 0.3 is 0 Å². The molecule has 0 N–H and O–H groups in total. The van der Waals surface area contributed by atoms with Gasteiger partial charge in [-0.3, -0.25) is 0 Å². The molecule has 2 rings (SSSR count). The van der Waals surface area contributed by atoms with Crippen molar-refractivity contribution in [3.8, 4) is 11.5 Å². The minimum atomic E-state index is -3.77. The Balaban J connectivity index is 2.34. The van der Waals surface area contributed by atoms with Gasteiger partial charge in [-0.15, -0.1) is 0 Å². The molecule has 0 spiro atoms. The number of rotatable bonds is 3. The van der Waals surface area contributed by atoms with Crippen molar-refractivity contribution >= 4 is 31.3 Å². The highest BCUT2D eigenvalue weighted by Crippen LogP contribution is 2.30. The Morgan fingerprint density at radius 1 is 1.00 bits per heavy atom. The lowest BCUT2D eigenvalue weighted by atomic mass is 10.3. The number of benzene rings is 2. The highest BCUT2D eigenvalue weighted by Gasteiger charge is 2.11. The van der Waals surface area contributed by atoms with Crippen LogP contribution in [0.25, 0.3) is 0 Å². The molecule has 6 heteroatoms. The fourth-order valence-corrected chi connectivity index (χ4v) is 2.30. The summed E-state index contributed by atoms with van der Waals surface area (Å²) in [5, 5.41) is 0.441. The number of ether oxygens (including phenoxy) is 1. The van der Waals surface area contributed by atoms with Gasteiger partial charge in [0.25, 0.3) is 9.05 Å². The highest BCUT2D eigenvalue weighted by atomic mass is 35.7. The largest absolute Gasteiger partial charge is 0.456 e. The van der Waals surface area contributed by atoms with Crippen molar-refractivity contribution < 1.29 is 13.2 Å². The summed E-state index contributed by atoms with van der Waals surface area (Å²) >= 11 is 5.93. The molecule has 94 valence electrons. The second kappa shape index (κ2) is 5.18. The Labute approximate surface area is 114 Å². The van der Waals surface area contributed by atoms with Crippen LogP contribution in [-0.4, -0.2) is 8.42 Å². The van der Waals surface area contributed by atoms with Crippen LogP contribution in [0.3, 0.4) is 0 Å². The van der Waals surface area contributed by atoms with Gasteiger partial charge in [0, 0.05) is 16.7 Å². The van der Waals surface area contributed by atoms with Crippen LogP contribution in [0, 0.1) is 0 Å². The molecule has 0 radical (unpaired) electrons. The number of hydrogen-bond acceptors (Lipinski definition) is 3. The van der Waals surface area contributed by atoms with Crippen LogP contribution in [0.2, 0.25) is 5.02 Å². The van der Waals surface area contributed by atoms with Crippen molar-refractivity contribution in [3.63, 3.8) is 0 Å². The molecular weight excluding hydrogens is 295 g/mol. The van der Waals surface area contributed by atoms with E-state index >= 15 is 0 Å². The molecule has 3 nitrogen and oxygen atoms in total. The highest BCUT2D eigenvalue weighted by molar-refractivity contribution is 8.13. The van der Waals surface area contributed by atoms with E-state index in [0.717, 1.165) is 0 Å². The van der Waals surface area contributed by atoms with Crippen LogP contribution in [-0.2, 0) is 9.05 Å². The van der Waals surface area contributed by atoms with E-state index < -0.39 is 9.05 Å². The first-order valence-electron chi connectivity index (χ1n) is 4.94.